The molecule has 0 spiro atoms. The van der Waals surface area contributed by atoms with Gasteiger partial charge in [-0.1, -0.05) is 25.5 Å². The number of ether oxygens (including phenoxy) is 1. The molecule has 1 fully saturated rings. The molecular weight excluding hydrogens is 374 g/mol. The van der Waals surface area contributed by atoms with Gasteiger partial charge in [-0.15, -0.1) is 13.2 Å². The van der Waals surface area contributed by atoms with Crippen LogP contribution in [0.4, 0.5) is 11.5 Å². The third-order valence-electron chi connectivity index (χ3n) is 4.85. The van der Waals surface area contributed by atoms with E-state index in [1.165, 1.54) is 9.47 Å². The lowest BCUT2D eigenvalue weighted by molar-refractivity contribution is -0.130. The van der Waals surface area contributed by atoms with Gasteiger partial charge in [0.15, 0.2) is 0 Å². The number of morpholine rings is 1. The van der Waals surface area contributed by atoms with Gasteiger partial charge in [-0.3, -0.25) is 14.2 Å². The number of carbonyl (C=O) groups is 1. The summed E-state index contributed by atoms with van der Waals surface area (Å²) in [6.07, 6.45) is 4.78. The molecule has 2 heterocycles. The lowest BCUT2D eigenvalue weighted by atomic mass is 10.3. The zero-order chi connectivity index (χ0) is 21.4. The van der Waals surface area contributed by atoms with Gasteiger partial charge in [0, 0.05) is 32.7 Å². The van der Waals surface area contributed by atoms with Crippen molar-refractivity contribution in [2.24, 2.45) is 0 Å². The average Bonchev–Trinajstić information content (AvgIpc) is 2.71. The molecule has 1 saturated heterocycles. The molecule has 0 saturated carbocycles. The van der Waals surface area contributed by atoms with Crippen LogP contribution in [0.1, 0.15) is 19.8 Å². The van der Waals surface area contributed by atoms with Crippen LogP contribution in [0, 0.1) is 0 Å². The van der Waals surface area contributed by atoms with E-state index >= 15 is 0 Å². The number of hydrogen-bond acceptors (Lipinski definition) is 6. The van der Waals surface area contributed by atoms with Crippen LogP contribution in [0.25, 0.3) is 0 Å². The summed E-state index contributed by atoms with van der Waals surface area (Å²) in [7, 11) is 0. The number of anilines is 2. The Bertz CT molecular complexity index is 842. The van der Waals surface area contributed by atoms with Gasteiger partial charge in [0.05, 0.1) is 13.2 Å². The predicted octanol–water partition coefficient (Wildman–Crippen LogP) is 0.430. The van der Waals surface area contributed by atoms with Crippen molar-refractivity contribution in [1.29, 1.82) is 0 Å². The number of hydrogen-bond donors (Lipinski definition) is 1. The second-order valence-electron chi connectivity index (χ2n) is 6.89. The Hall–Kier alpha value is -2.81. The maximum Gasteiger partial charge on any atom is 0.333 e. The zero-order valence-electron chi connectivity index (χ0n) is 17.1. The zero-order valence-corrected chi connectivity index (χ0v) is 17.1. The first-order valence-corrected chi connectivity index (χ1v) is 9.91. The Labute approximate surface area is 170 Å². The number of aromatic nitrogens is 2. The first kappa shape index (κ1) is 22.5. The van der Waals surface area contributed by atoms with Gasteiger partial charge in [0.1, 0.15) is 18.1 Å². The minimum absolute atomic E-state index is 0.146. The normalized spacial score (nSPS) is 13.9. The Balaban J connectivity index is 2.53. The first-order chi connectivity index (χ1) is 14.0. The van der Waals surface area contributed by atoms with E-state index in [0.29, 0.717) is 45.9 Å². The fraction of sp³-hybridized carbons (Fsp3) is 0.550. The molecule has 2 N–H and O–H groups in total. The smallest absolute Gasteiger partial charge is 0.333 e. The van der Waals surface area contributed by atoms with Crippen molar-refractivity contribution >= 4 is 17.4 Å². The molecule has 0 atom stereocenters. The van der Waals surface area contributed by atoms with Crippen LogP contribution in [0.2, 0.25) is 0 Å². The van der Waals surface area contributed by atoms with Crippen molar-refractivity contribution < 1.29 is 9.53 Å². The lowest BCUT2D eigenvalue weighted by Gasteiger charge is -2.30. The third-order valence-corrected chi connectivity index (χ3v) is 4.85. The highest BCUT2D eigenvalue weighted by molar-refractivity contribution is 5.76. The summed E-state index contributed by atoms with van der Waals surface area (Å²) in [6.45, 7) is 11.9. The SMILES string of the molecule is C=CCN(CC=C)C(=O)Cn1c(=O)c(N2CCOCC2)c(N)n(CCCC)c1=O. The van der Waals surface area contributed by atoms with E-state index in [-0.39, 0.29) is 24.0 Å². The molecule has 9 nitrogen and oxygen atoms in total. The molecule has 1 aliphatic rings. The molecule has 1 aromatic heterocycles. The van der Waals surface area contributed by atoms with E-state index in [0.717, 1.165) is 17.4 Å². The maximum absolute atomic E-state index is 13.2. The monoisotopic (exact) mass is 405 g/mol. The Morgan fingerprint density at radius 3 is 2.34 bits per heavy atom. The Kier molecular flexibility index (Phi) is 8.26. The second-order valence-corrected chi connectivity index (χ2v) is 6.89. The number of nitrogens with zero attached hydrogens (tertiary/aromatic N) is 4. The highest BCUT2D eigenvalue weighted by Crippen LogP contribution is 2.18. The molecule has 0 bridgehead atoms. The lowest BCUT2D eigenvalue weighted by Crippen LogP contribution is -2.49. The van der Waals surface area contributed by atoms with Crippen LogP contribution in [-0.4, -0.2) is 59.3 Å². The van der Waals surface area contributed by atoms with Crippen molar-refractivity contribution in [3.63, 3.8) is 0 Å². The van der Waals surface area contributed by atoms with Gasteiger partial charge in [-0.2, -0.15) is 0 Å². The van der Waals surface area contributed by atoms with Crippen LogP contribution < -0.4 is 21.9 Å². The van der Waals surface area contributed by atoms with Crippen molar-refractivity contribution in [3.05, 3.63) is 46.1 Å². The number of unbranched alkanes of at least 4 members (excludes halogenated alkanes) is 1. The van der Waals surface area contributed by atoms with Gasteiger partial charge < -0.3 is 20.3 Å². The molecule has 160 valence electrons. The molecule has 0 unspecified atom stereocenters. The van der Waals surface area contributed by atoms with E-state index in [9.17, 15) is 14.4 Å². The fourth-order valence-electron chi connectivity index (χ4n) is 3.28. The topological polar surface area (TPSA) is 103 Å². The number of nitrogen functional groups attached to an aromatic ring is 1. The standard InChI is InChI=1S/C20H31N5O4/c1-4-7-10-24-18(21)17(23-11-13-29-14-12-23)19(27)25(20(24)28)15-16(26)22(8-5-2)9-6-3/h5-6H,2-4,7-15,21H2,1H3. The molecule has 2 rings (SSSR count). The summed E-state index contributed by atoms with van der Waals surface area (Å²) < 4.78 is 7.74. The van der Waals surface area contributed by atoms with Crippen LogP contribution in [0.15, 0.2) is 34.9 Å². The molecule has 0 aliphatic carbocycles. The summed E-state index contributed by atoms with van der Waals surface area (Å²) in [6, 6.07) is 0. The number of carbonyl (C=O) groups excluding carboxylic acids is 1. The third kappa shape index (κ3) is 5.17. The average molecular weight is 405 g/mol. The van der Waals surface area contributed by atoms with Crippen molar-refractivity contribution in [2.45, 2.75) is 32.9 Å². The van der Waals surface area contributed by atoms with Gasteiger partial charge in [-0.25, -0.2) is 9.36 Å². The van der Waals surface area contributed by atoms with E-state index in [1.54, 1.807) is 12.2 Å². The fourth-order valence-corrected chi connectivity index (χ4v) is 3.28. The van der Waals surface area contributed by atoms with Crippen LogP contribution in [0.5, 0.6) is 0 Å². The maximum atomic E-state index is 13.2. The van der Waals surface area contributed by atoms with Gasteiger partial charge in [0.2, 0.25) is 5.91 Å². The molecule has 1 amide bonds. The minimum Gasteiger partial charge on any atom is -0.383 e. The molecule has 9 heteroatoms. The van der Waals surface area contributed by atoms with Gasteiger partial charge >= 0.3 is 5.69 Å². The van der Waals surface area contributed by atoms with Crippen molar-refractivity contribution in [1.82, 2.24) is 14.0 Å². The van der Waals surface area contributed by atoms with Crippen LogP contribution in [-0.2, 0) is 22.6 Å². The van der Waals surface area contributed by atoms with Crippen molar-refractivity contribution in [2.75, 3.05) is 50.0 Å². The molecule has 1 aromatic rings. The first-order valence-electron chi connectivity index (χ1n) is 9.91. The molecule has 0 radical (unpaired) electrons. The number of rotatable bonds is 10. The summed E-state index contributed by atoms with van der Waals surface area (Å²) in [5.74, 6) is -0.211. The van der Waals surface area contributed by atoms with Crippen molar-refractivity contribution in [3.8, 4) is 0 Å². The molecule has 1 aliphatic heterocycles. The van der Waals surface area contributed by atoms with Crippen LogP contribution >= 0.6 is 0 Å². The van der Waals surface area contributed by atoms with Gasteiger partial charge in [-0.05, 0) is 6.42 Å². The van der Waals surface area contributed by atoms with E-state index in [1.807, 2.05) is 11.8 Å². The summed E-state index contributed by atoms with van der Waals surface area (Å²) >= 11 is 0. The summed E-state index contributed by atoms with van der Waals surface area (Å²) in [5, 5.41) is 0. The second kappa shape index (κ2) is 10.7. The van der Waals surface area contributed by atoms with Crippen LogP contribution in [0.3, 0.4) is 0 Å². The molecular formula is C20H31N5O4. The minimum atomic E-state index is -0.566. The van der Waals surface area contributed by atoms with E-state index in [2.05, 4.69) is 13.2 Å². The highest BCUT2D eigenvalue weighted by Gasteiger charge is 2.25. The molecule has 29 heavy (non-hydrogen) atoms. The highest BCUT2D eigenvalue weighted by atomic mass is 16.5. The quantitative estimate of drug-likeness (QED) is 0.566. The number of nitrogens with two attached hydrogens (primary N) is 1. The molecule has 0 aromatic carbocycles. The summed E-state index contributed by atoms with van der Waals surface area (Å²) in [4.78, 5) is 42.3. The van der Waals surface area contributed by atoms with E-state index < -0.39 is 11.2 Å². The Morgan fingerprint density at radius 2 is 1.79 bits per heavy atom. The largest absolute Gasteiger partial charge is 0.383 e. The summed E-state index contributed by atoms with van der Waals surface area (Å²) in [5.41, 5.74) is 5.40. The van der Waals surface area contributed by atoms with Gasteiger partial charge in [0.25, 0.3) is 5.56 Å². The van der Waals surface area contributed by atoms with E-state index in [4.69, 9.17) is 10.5 Å². The predicted molar refractivity (Wildman–Crippen MR) is 114 cm³/mol. The number of amides is 1. The Morgan fingerprint density at radius 1 is 1.17 bits per heavy atom.